The number of thiazole rings is 1. The molecule has 0 radical (unpaired) electrons. The van der Waals surface area contributed by atoms with Crippen LogP contribution in [0, 0.1) is 0 Å². The van der Waals surface area contributed by atoms with Gasteiger partial charge in [-0.3, -0.25) is 10.3 Å². The Morgan fingerprint density at radius 1 is 1.37 bits per heavy atom. The van der Waals surface area contributed by atoms with Crippen LogP contribution in [0.4, 0.5) is 9.93 Å². The quantitative estimate of drug-likeness (QED) is 0.902. The van der Waals surface area contributed by atoms with Crippen molar-refractivity contribution in [2.45, 2.75) is 26.3 Å². The highest BCUT2D eigenvalue weighted by molar-refractivity contribution is 7.15. The molecule has 2 rings (SSSR count). The number of carbonyl (C=O) groups excluding carboxylic acids is 1. The number of anilines is 1. The Morgan fingerprint density at radius 2 is 2.11 bits per heavy atom. The van der Waals surface area contributed by atoms with Crippen LogP contribution in [0.25, 0.3) is 0 Å². The maximum absolute atomic E-state index is 11.7. The van der Waals surface area contributed by atoms with Gasteiger partial charge in [0.25, 0.3) is 0 Å². The van der Waals surface area contributed by atoms with Gasteiger partial charge < -0.3 is 5.32 Å². The number of pyridine rings is 1. The van der Waals surface area contributed by atoms with Gasteiger partial charge in [0.2, 0.25) is 0 Å². The number of hydrogen-bond acceptors (Lipinski definition) is 4. The molecule has 2 aromatic heterocycles. The van der Waals surface area contributed by atoms with Crippen LogP contribution in [0.5, 0.6) is 0 Å². The van der Waals surface area contributed by atoms with E-state index in [2.05, 4.69) is 34.4 Å². The average molecular weight is 276 g/mol. The molecule has 5 nitrogen and oxygen atoms in total. The Bertz CT molecular complexity index is 539. The summed E-state index contributed by atoms with van der Waals surface area (Å²) >= 11 is 1.50. The summed E-state index contributed by atoms with van der Waals surface area (Å²) in [4.78, 5) is 20.9. The van der Waals surface area contributed by atoms with Crippen molar-refractivity contribution in [2.75, 3.05) is 5.32 Å². The smallest absolute Gasteiger partial charge is 0.321 e. The number of rotatable bonds is 4. The predicted octanol–water partition coefficient (Wildman–Crippen LogP) is 2.98. The number of amides is 2. The van der Waals surface area contributed by atoms with Crippen molar-refractivity contribution in [1.29, 1.82) is 0 Å². The van der Waals surface area contributed by atoms with E-state index in [1.165, 1.54) is 11.3 Å². The summed E-state index contributed by atoms with van der Waals surface area (Å²) < 4.78 is 0. The second-order valence-corrected chi connectivity index (χ2v) is 5.45. The minimum atomic E-state index is -0.249. The summed E-state index contributed by atoms with van der Waals surface area (Å²) in [6, 6.07) is 3.47. The first-order valence-corrected chi connectivity index (χ1v) is 6.86. The van der Waals surface area contributed by atoms with Crippen molar-refractivity contribution in [3.05, 3.63) is 41.2 Å². The highest BCUT2D eigenvalue weighted by Gasteiger charge is 2.08. The van der Waals surface area contributed by atoms with E-state index in [1.807, 2.05) is 12.1 Å². The lowest BCUT2D eigenvalue weighted by Gasteiger charge is -2.05. The normalized spacial score (nSPS) is 10.5. The van der Waals surface area contributed by atoms with Crippen molar-refractivity contribution in [3.63, 3.8) is 0 Å². The maximum Gasteiger partial charge on any atom is 0.321 e. The zero-order chi connectivity index (χ0) is 13.7. The molecule has 0 unspecified atom stereocenters. The lowest BCUT2D eigenvalue weighted by atomic mass is 10.2. The number of nitrogens with one attached hydrogen (secondary N) is 2. The van der Waals surface area contributed by atoms with Gasteiger partial charge in [-0.25, -0.2) is 9.78 Å². The molecule has 2 N–H and O–H groups in total. The molecule has 0 aliphatic carbocycles. The predicted molar refractivity (Wildman–Crippen MR) is 76.3 cm³/mol. The molecule has 2 heterocycles. The van der Waals surface area contributed by atoms with Gasteiger partial charge in [0.15, 0.2) is 5.13 Å². The molecule has 0 saturated carbocycles. The van der Waals surface area contributed by atoms with Gasteiger partial charge in [0.05, 0.1) is 0 Å². The summed E-state index contributed by atoms with van der Waals surface area (Å²) in [6.07, 6.45) is 5.20. The molecule has 19 heavy (non-hydrogen) atoms. The largest absolute Gasteiger partial charge is 0.334 e. The molecule has 0 bridgehead atoms. The molecule has 2 amide bonds. The number of nitrogens with zero attached hydrogens (tertiary/aromatic N) is 2. The summed E-state index contributed by atoms with van der Waals surface area (Å²) in [5.74, 6) is 0.424. The Morgan fingerprint density at radius 3 is 2.74 bits per heavy atom. The number of hydrogen-bond donors (Lipinski definition) is 2. The second-order valence-electron chi connectivity index (χ2n) is 4.39. The van der Waals surface area contributed by atoms with Gasteiger partial charge in [0, 0.05) is 30.0 Å². The third-order valence-corrected chi connectivity index (χ3v) is 3.73. The fourth-order valence-electron chi connectivity index (χ4n) is 1.44. The Balaban J connectivity index is 1.84. The summed E-state index contributed by atoms with van der Waals surface area (Å²) in [5, 5.41) is 6.13. The van der Waals surface area contributed by atoms with E-state index in [0.717, 1.165) is 10.4 Å². The molecule has 0 aliphatic heterocycles. The highest BCUT2D eigenvalue weighted by atomic mass is 32.1. The first kappa shape index (κ1) is 13.5. The van der Waals surface area contributed by atoms with Gasteiger partial charge in [-0.15, -0.1) is 11.3 Å². The molecule has 0 aliphatic rings. The van der Waals surface area contributed by atoms with Crippen LogP contribution in [0.15, 0.2) is 30.7 Å². The van der Waals surface area contributed by atoms with Crippen LogP contribution >= 0.6 is 11.3 Å². The molecule has 2 aromatic rings. The molecule has 0 aromatic carbocycles. The molecule has 0 atom stereocenters. The van der Waals surface area contributed by atoms with Gasteiger partial charge in [-0.2, -0.15) is 0 Å². The Kier molecular flexibility index (Phi) is 4.46. The van der Waals surface area contributed by atoms with E-state index in [9.17, 15) is 4.79 Å². The SMILES string of the molecule is CC(C)c1cnc(NC(=O)NCc2ccncc2)s1. The first-order valence-electron chi connectivity index (χ1n) is 6.04. The van der Waals surface area contributed by atoms with Gasteiger partial charge >= 0.3 is 6.03 Å². The van der Waals surface area contributed by atoms with Crippen molar-refractivity contribution >= 4 is 22.5 Å². The molecular formula is C13H16N4OS. The first-order chi connectivity index (χ1) is 9.15. The maximum atomic E-state index is 11.7. The minimum absolute atomic E-state index is 0.249. The molecular weight excluding hydrogens is 260 g/mol. The van der Waals surface area contributed by atoms with Gasteiger partial charge in [-0.1, -0.05) is 13.8 Å². The summed E-state index contributed by atoms with van der Waals surface area (Å²) in [6.45, 7) is 4.67. The van der Waals surface area contributed by atoms with Crippen LogP contribution in [-0.2, 0) is 6.54 Å². The van der Waals surface area contributed by atoms with Crippen molar-refractivity contribution in [1.82, 2.24) is 15.3 Å². The summed E-state index contributed by atoms with van der Waals surface area (Å²) in [5.41, 5.74) is 1.01. The van der Waals surface area contributed by atoms with Crippen LogP contribution < -0.4 is 10.6 Å². The fourth-order valence-corrected chi connectivity index (χ4v) is 2.25. The standard InChI is InChI=1S/C13H16N4OS/c1-9(2)11-8-16-13(19-11)17-12(18)15-7-10-3-5-14-6-4-10/h3-6,8-9H,7H2,1-2H3,(H2,15,16,17,18). The number of aromatic nitrogens is 2. The third-order valence-electron chi connectivity index (χ3n) is 2.52. The van der Waals surface area contributed by atoms with E-state index in [0.29, 0.717) is 17.6 Å². The van der Waals surface area contributed by atoms with E-state index in [-0.39, 0.29) is 6.03 Å². The second kappa shape index (κ2) is 6.29. The van der Waals surface area contributed by atoms with E-state index < -0.39 is 0 Å². The molecule has 0 fully saturated rings. The van der Waals surface area contributed by atoms with E-state index in [1.54, 1.807) is 18.6 Å². The third kappa shape index (κ3) is 4.03. The van der Waals surface area contributed by atoms with Crippen LogP contribution in [0.1, 0.15) is 30.2 Å². The Labute approximate surface area is 116 Å². The lowest BCUT2D eigenvalue weighted by molar-refractivity contribution is 0.251. The van der Waals surface area contributed by atoms with Crippen molar-refractivity contribution < 1.29 is 4.79 Å². The van der Waals surface area contributed by atoms with Crippen LogP contribution in [0.3, 0.4) is 0 Å². The highest BCUT2D eigenvalue weighted by Crippen LogP contribution is 2.24. The Hall–Kier alpha value is -1.95. The van der Waals surface area contributed by atoms with Gasteiger partial charge in [-0.05, 0) is 23.6 Å². The monoisotopic (exact) mass is 276 g/mol. The van der Waals surface area contributed by atoms with Crippen molar-refractivity contribution in [2.24, 2.45) is 0 Å². The van der Waals surface area contributed by atoms with Gasteiger partial charge in [0.1, 0.15) is 0 Å². The fraction of sp³-hybridized carbons (Fsp3) is 0.308. The molecule has 0 saturated heterocycles. The summed E-state index contributed by atoms with van der Waals surface area (Å²) in [7, 11) is 0. The number of urea groups is 1. The van der Waals surface area contributed by atoms with Crippen LogP contribution in [0.2, 0.25) is 0 Å². The van der Waals surface area contributed by atoms with Crippen LogP contribution in [-0.4, -0.2) is 16.0 Å². The molecule has 100 valence electrons. The lowest BCUT2D eigenvalue weighted by Crippen LogP contribution is -2.28. The topological polar surface area (TPSA) is 66.9 Å². The van der Waals surface area contributed by atoms with E-state index in [4.69, 9.17) is 0 Å². The van der Waals surface area contributed by atoms with Crippen molar-refractivity contribution in [3.8, 4) is 0 Å². The number of carbonyl (C=O) groups is 1. The zero-order valence-corrected chi connectivity index (χ0v) is 11.7. The molecule has 0 spiro atoms. The minimum Gasteiger partial charge on any atom is -0.334 e. The molecule has 6 heteroatoms. The van der Waals surface area contributed by atoms with E-state index >= 15 is 0 Å². The zero-order valence-electron chi connectivity index (χ0n) is 10.9. The average Bonchev–Trinajstić information content (AvgIpc) is 2.86.